The molecule has 0 unspecified atom stereocenters. The highest BCUT2D eigenvalue weighted by Gasteiger charge is 2.11. The van der Waals surface area contributed by atoms with Gasteiger partial charge in [0.25, 0.3) is 0 Å². The third-order valence-electron chi connectivity index (χ3n) is 3.91. The number of methoxy groups -OCH3 is 1. The van der Waals surface area contributed by atoms with E-state index < -0.39 is 0 Å². The van der Waals surface area contributed by atoms with Crippen LogP contribution in [0, 0.1) is 6.92 Å². The SMILES string of the molecule is COc1ccccc1NC(=O)Cn1c(C)cc(=O)c2ccccc21. The van der Waals surface area contributed by atoms with Crippen molar-refractivity contribution < 1.29 is 9.53 Å². The lowest BCUT2D eigenvalue weighted by Crippen LogP contribution is -2.22. The van der Waals surface area contributed by atoms with E-state index in [1.54, 1.807) is 31.4 Å². The number of nitrogens with zero attached hydrogens (tertiary/aromatic N) is 1. The number of amides is 1. The van der Waals surface area contributed by atoms with E-state index in [1.807, 2.05) is 41.8 Å². The minimum atomic E-state index is -0.184. The monoisotopic (exact) mass is 322 g/mol. The van der Waals surface area contributed by atoms with Crippen LogP contribution >= 0.6 is 0 Å². The molecule has 5 heteroatoms. The summed E-state index contributed by atoms with van der Waals surface area (Å²) in [4.78, 5) is 24.5. The summed E-state index contributed by atoms with van der Waals surface area (Å²) < 4.78 is 7.08. The summed E-state index contributed by atoms with van der Waals surface area (Å²) >= 11 is 0. The number of ether oxygens (including phenoxy) is 1. The summed E-state index contributed by atoms with van der Waals surface area (Å²) in [5, 5.41) is 3.46. The summed E-state index contributed by atoms with van der Waals surface area (Å²) in [5.41, 5.74) is 2.07. The molecule has 0 bridgehead atoms. The van der Waals surface area contributed by atoms with Crippen LogP contribution in [0.1, 0.15) is 5.69 Å². The Morgan fingerprint density at radius 3 is 2.62 bits per heavy atom. The number of benzene rings is 2. The standard InChI is InChI=1S/C19H18N2O3/c1-13-11-17(22)14-7-3-5-9-16(14)21(13)12-19(23)20-15-8-4-6-10-18(15)24-2/h3-11H,12H2,1-2H3,(H,20,23). The van der Waals surface area contributed by atoms with Gasteiger partial charge in [0.2, 0.25) is 5.91 Å². The molecule has 0 aliphatic carbocycles. The molecule has 24 heavy (non-hydrogen) atoms. The topological polar surface area (TPSA) is 60.3 Å². The number of fused-ring (bicyclic) bond motifs is 1. The number of hydrogen-bond donors (Lipinski definition) is 1. The number of carbonyl (C=O) groups excluding carboxylic acids is 1. The summed E-state index contributed by atoms with van der Waals surface area (Å²) in [6, 6.07) is 16.1. The molecule has 0 saturated heterocycles. The smallest absolute Gasteiger partial charge is 0.244 e. The molecule has 0 atom stereocenters. The highest BCUT2D eigenvalue weighted by molar-refractivity contribution is 5.93. The van der Waals surface area contributed by atoms with Crippen LogP contribution in [0.3, 0.4) is 0 Å². The number of para-hydroxylation sites is 3. The Labute approximate surface area is 139 Å². The van der Waals surface area contributed by atoms with Crippen molar-refractivity contribution in [2.75, 3.05) is 12.4 Å². The summed E-state index contributed by atoms with van der Waals surface area (Å²) in [6.45, 7) is 1.94. The Morgan fingerprint density at radius 1 is 1.12 bits per heavy atom. The van der Waals surface area contributed by atoms with Crippen molar-refractivity contribution in [3.63, 3.8) is 0 Å². The van der Waals surface area contributed by atoms with Crippen molar-refractivity contribution in [3.05, 3.63) is 70.5 Å². The molecule has 1 amide bonds. The van der Waals surface area contributed by atoms with Gasteiger partial charge in [0.1, 0.15) is 12.3 Å². The van der Waals surface area contributed by atoms with Crippen molar-refractivity contribution in [2.24, 2.45) is 0 Å². The van der Waals surface area contributed by atoms with Crippen LogP contribution in [0.4, 0.5) is 5.69 Å². The molecule has 0 aliphatic heterocycles. The Kier molecular flexibility index (Phi) is 4.33. The molecular weight excluding hydrogens is 304 g/mol. The van der Waals surface area contributed by atoms with Crippen LogP contribution in [0.2, 0.25) is 0 Å². The molecular formula is C19H18N2O3. The zero-order valence-electron chi connectivity index (χ0n) is 13.6. The average molecular weight is 322 g/mol. The van der Waals surface area contributed by atoms with Crippen LogP contribution in [-0.2, 0) is 11.3 Å². The number of aromatic nitrogens is 1. The molecule has 2 aromatic carbocycles. The fourth-order valence-corrected chi connectivity index (χ4v) is 2.74. The van der Waals surface area contributed by atoms with Gasteiger partial charge >= 0.3 is 0 Å². The normalized spacial score (nSPS) is 10.6. The second kappa shape index (κ2) is 6.58. The van der Waals surface area contributed by atoms with E-state index in [2.05, 4.69) is 5.32 Å². The molecule has 5 nitrogen and oxygen atoms in total. The van der Waals surface area contributed by atoms with Crippen LogP contribution in [0.25, 0.3) is 10.9 Å². The quantitative estimate of drug-likeness (QED) is 0.803. The van der Waals surface area contributed by atoms with Crippen molar-refractivity contribution in [3.8, 4) is 5.75 Å². The predicted octanol–water partition coefficient (Wildman–Crippen LogP) is 2.96. The molecule has 0 aliphatic rings. The molecule has 3 rings (SSSR count). The third-order valence-corrected chi connectivity index (χ3v) is 3.91. The molecule has 1 N–H and O–H groups in total. The van der Waals surface area contributed by atoms with Crippen molar-refractivity contribution >= 4 is 22.5 Å². The van der Waals surface area contributed by atoms with E-state index in [0.29, 0.717) is 16.8 Å². The number of nitrogens with one attached hydrogen (secondary N) is 1. The fourth-order valence-electron chi connectivity index (χ4n) is 2.74. The number of carbonyl (C=O) groups is 1. The maximum atomic E-state index is 12.5. The molecule has 0 fully saturated rings. The maximum Gasteiger partial charge on any atom is 0.244 e. The molecule has 1 aromatic heterocycles. The summed E-state index contributed by atoms with van der Waals surface area (Å²) in [7, 11) is 1.56. The van der Waals surface area contributed by atoms with Gasteiger partial charge < -0.3 is 14.6 Å². The number of hydrogen-bond acceptors (Lipinski definition) is 3. The Balaban J connectivity index is 1.93. The van der Waals surface area contributed by atoms with Gasteiger partial charge in [-0.2, -0.15) is 0 Å². The van der Waals surface area contributed by atoms with Gasteiger partial charge in [0, 0.05) is 17.1 Å². The maximum absolute atomic E-state index is 12.5. The summed E-state index contributed by atoms with van der Waals surface area (Å²) in [6.07, 6.45) is 0. The van der Waals surface area contributed by atoms with Gasteiger partial charge in [-0.15, -0.1) is 0 Å². The lowest BCUT2D eigenvalue weighted by molar-refractivity contribution is -0.116. The van der Waals surface area contributed by atoms with Crippen molar-refractivity contribution in [1.29, 1.82) is 0 Å². The number of pyridine rings is 1. The first-order valence-corrected chi connectivity index (χ1v) is 7.62. The minimum Gasteiger partial charge on any atom is -0.495 e. The van der Waals surface area contributed by atoms with E-state index in [9.17, 15) is 9.59 Å². The molecule has 1 heterocycles. The van der Waals surface area contributed by atoms with Crippen LogP contribution in [0.15, 0.2) is 59.4 Å². The van der Waals surface area contributed by atoms with Crippen LogP contribution < -0.4 is 15.5 Å². The zero-order chi connectivity index (χ0) is 17.1. The fraction of sp³-hybridized carbons (Fsp3) is 0.158. The number of anilines is 1. The Bertz CT molecular complexity index is 960. The molecule has 0 radical (unpaired) electrons. The first-order valence-electron chi connectivity index (χ1n) is 7.62. The average Bonchev–Trinajstić information content (AvgIpc) is 2.59. The Morgan fingerprint density at radius 2 is 1.83 bits per heavy atom. The predicted molar refractivity (Wildman–Crippen MR) is 94.6 cm³/mol. The van der Waals surface area contributed by atoms with Crippen molar-refractivity contribution in [2.45, 2.75) is 13.5 Å². The summed E-state index contributed by atoms with van der Waals surface area (Å²) in [5.74, 6) is 0.420. The van der Waals surface area contributed by atoms with Crippen molar-refractivity contribution in [1.82, 2.24) is 4.57 Å². The lowest BCUT2D eigenvalue weighted by Gasteiger charge is -2.15. The minimum absolute atomic E-state index is 0.0375. The van der Waals surface area contributed by atoms with Gasteiger partial charge in [0.15, 0.2) is 5.43 Å². The lowest BCUT2D eigenvalue weighted by atomic mass is 10.2. The molecule has 0 saturated carbocycles. The van der Waals surface area contributed by atoms with Gasteiger partial charge in [-0.25, -0.2) is 0 Å². The number of rotatable bonds is 4. The first-order chi connectivity index (χ1) is 11.6. The van der Waals surface area contributed by atoms with E-state index >= 15 is 0 Å². The van der Waals surface area contributed by atoms with E-state index in [0.717, 1.165) is 11.2 Å². The zero-order valence-corrected chi connectivity index (χ0v) is 13.6. The number of aryl methyl sites for hydroxylation is 1. The van der Waals surface area contributed by atoms with Gasteiger partial charge in [-0.3, -0.25) is 9.59 Å². The third kappa shape index (κ3) is 3.01. The van der Waals surface area contributed by atoms with E-state index in [1.165, 1.54) is 0 Å². The van der Waals surface area contributed by atoms with Gasteiger partial charge in [-0.05, 0) is 31.2 Å². The highest BCUT2D eigenvalue weighted by Crippen LogP contribution is 2.23. The first kappa shape index (κ1) is 15.8. The molecule has 3 aromatic rings. The van der Waals surface area contributed by atoms with Crippen LogP contribution in [0.5, 0.6) is 5.75 Å². The second-order valence-corrected chi connectivity index (χ2v) is 5.50. The molecule has 122 valence electrons. The highest BCUT2D eigenvalue weighted by atomic mass is 16.5. The molecule has 0 spiro atoms. The van der Waals surface area contributed by atoms with Gasteiger partial charge in [-0.1, -0.05) is 24.3 Å². The van der Waals surface area contributed by atoms with Crippen LogP contribution in [-0.4, -0.2) is 17.6 Å². The van der Waals surface area contributed by atoms with E-state index in [4.69, 9.17) is 4.74 Å². The van der Waals surface area contributed by atoms with E-state index in [-0.39, 0.29) is 17.9 Å². The van der Waals surface area contributed by atoms with Gasteiger partial charge in [0.05, 0.1) is 18.3 Å². The Hall–Kier alpha value is -3.08. The second-order valence-electron chi connectivity index (χ2n) is 5.50. The largest absolute Gasteiger partial charge is 0.495 e.